The smallest absolute Gasteiger partial charge is 0.0478 e. The minimum Gasteiger partial charge on any atom is -0.309 e. The normalized spacial score (nSPS) is 89.6. The van der Waals surface area contributed by atoms with Crippen molar-refractivity contribution in [2.45, 2.75) is 51.5 Å². The Balaban J connectivity index is 3.62. The molecule has 1 rings (SSSR count). The maximum atomic E-state index is 8.06. The summed E-state index contributed by atoms with van der Waals surface area (Å²) in [4.78, 5) is 0. The molecule has 1 heterocycles. The van der Waals surface area contributed by atoms with Gasteiger partial charge in [-0.15, -0.1) is 0 Å². The molecule has 1 aliphatic rings. The van der Waals surface area contributed by atoms with Crippen LogP contribution in [-0.4, -0.2) is 24.1 Å². The first-order chi connectivity index (χ1) is 10.2. The van der Waals surface area contributed by atoms with Crippen LogP contribution in [0.5, 0.6) is 0 Å². The van der Waals surface area contributed by atoms with E-state index in [4.69, 9.17) is 19.2 Å². The molecule has 0 spiro atoms. The van der Waals surface area contributed by atoms with Gasteiger partial charge in [0, 0.05) is 43.3 Å². The Labute approximate surface area is 83.1 Å². The van der Waals surface area contributed by atoms with E-state index in [1.807, 2.05) is 10.6 Å². The summed E-state index contributed by atoms with van der Waals surface area (Å²) < 4.78 is 105. The zero-order valence-electron chi connectivity index (χ0n) is 19.2. The highest BCUT2D eigenvalue weighted by molar-refractivity contribution is 4.89. The zero-order valence-corrected chi connectivity index (χ0v) is 5.15. The molecule has 4 atom stereocenters. The summed E-state index contributed by atoms with van der Waals surface area (Å²) in [7, 11) is 0. The van der Waals surface area contributed by atoms with Crippen molar-refractivity contribution in [1.82, 2.24) is 10.6 Å². The Bertz CT molecular complexity index is 429. The predicted octanol–water partition coefficient (Wildman–Crippen LogP) is 0.733. The molecule has 2 nitrogen and oxygen atoms in total. The fraction of sp³-hybridized carbons (Fsp3) is 1.00. The van der Waals surface area contributed by atoms with Crippen LogP contribution in [0.2, 0.25) is 0 Å². The summed E-state index contributed by atoms with van der Waals surface area (Å²) >= 11 is 0. The van der Waals surface area contributed by atoms with Crippen molar-refractivity contribution in [1.29, 1.82) is 0 Å². The van der Waals surface area contributed by atoms with Gasteiger partial charge in [-0.1, -0.05) is 0 Å². The van der Waals surface area contributed by atoms with Gasteiger partial charge in [0.15, 0.2) is 0 Å². The van der Waals surface area contributed by atoms with E-state index in [1.54, 1.807) is 0 Å². The molecule has 2 heteroatoms. The van der Waals surface area contributed by atoms with E-state index in [1.165, 1.54) is 0 Å². The van der Waals surface area contributed by atoms with Crippen molar-refractivity contribution in [3.63, 3.8) is 0 Å². The number of nitrogens with one attached hydrogen (secondary N) is 2. The maximum Gasteiger partial charge on any atom is 0.0478 e. The van der Waals surface area contributed by atoms with Crippen molar-refractivity contribution >= 4 is 0 Å². The third-order valence-electron chi connectivity index (χ3n) is 1.18. The fourth-order valence-corrected chi connectivity index (χ4v) is 0.622. The Morgan fingerprint density at radius 3 is 1.80 bits per heavy atom. The van der Waals surface area contributed by atoms with Crippen molar-refractivity contribution in [2.24, 2.45) is 0 Å². The Morgan fingerprint density at radius 2 is 1.50 bits per heavy atom. The molecule has 60 valence electrons. The maximum absolute atomic E-state index is 8.06. The van der Waals surface area contributed by atoms with E-state index in [2.05, 4.69) is 0 Å². The average molecular weight is 156 g/mol. The molecule has 2 N–H and O–H groups in total. The second-order valence-corrected chi connectivity index (χ2v) is 1.98. The van der Waals surface area contributed by atoms with E-state index in [-0.39, 0.29) is 0 Å². The molecule has 0 aliphatic carbocycles. The van der Waals surface area contributed by atoms with Gasteiger partial charge in [-0.05, 0) is 27.4 Å². The number of hydrogen-bond acceptors (Lipinski definition) is 2. The molecular formula is C8H18N2. The van der Waals surface area contributed by atoms with Crippen molar-refractivity contribution in [3.05, 3.63) is 0 Å². The number of rotatable bonds is 0. The lowest BCUT2D eigenvalue weighted by Gasteiger charge is -2.38. The van der Waals surface area contributed by atoms with Crippen LogP contribution in [0.4, 0.5) is 0 Å². The minimum atomic E-state index is -3.31. The van der Waals surface area contributed by atoms with Crippen LogP contribution in [0, 0.1) is 0 Å². The molecule has 10 heavy (non-hydrogen) atoms. The van der Waals surface area contributed by atoms with Gasteiger partial charge < -0.3 is 10.6 Å². The summed E-state index contributed by atoms with van der Waals surface area (Å²) in [6.07, 6.45) is 0. The van der Waals surface area contributed by atoms with Crippen LogP contribution >= 0.6 is 0 Å². The summed E-state index contributed by atoms with van der Waals surface area (Å²) in [5, 5.41) is 3.67. The molecule has 0 saturated carbocycles. The van der Waals surface area contributed by atoms with Gasteiger partial charge in [0.1, 0.15) is 0 Å². The van der Waals surface area contributed by atoms with Gasteiger partial charge in [-0.2, -0.15) is 0 Å². The Morgan fingerprint density at radius 1 is 1.00 bits per heavy atom. The molecule has 1 aliphatic heterocycles. The van der Waals surface area contributed by atoms with Gasteiger partial charge in [0.2, 0.25) is 0 Å². The van der Waals surface area contributed by atoms with Crippen LogP contribution in [0.1, 0.15) is 46.6 Å². The number of piperazine rings is 1. The van der Waals surface area contributed by atoms with Gasteiger partial charge in [0.25, 0.3) is 0 Å². The molecule has 0 aromatic heterocycles. The van der Waals surface area contributed by atoms with Gasteiger partial charge in [0.05, 0.1) is 0 Å². The number of hydrogen-bond donors (Lipinski definition) is 2. The van der Waals surface area contributed by atoms with E-state index < -0.39 is 51.5 Å². The summed E-state index contributed by atoms with van der Waals surface area (Å²) in [6.45, 7) is -13.0. The van der Waals surface area contributed by atoms with Crippen LogP contribution in [0.3, 0.4) is 0 Å². The second-order valence-electron chi connectivity index (χ2n) is 1.98. The van der Waals surface area contributed by atoms with E-state index >= 15 is 0 Å². The highest BCUT2D eigenvalue weighted by Crippen LogP contribution is 2.05. The quantitative estimate of drug-likeness (QED) is 0.540. The van der Waals surface area contributed by atoms with Gasteiger partial charge in [-0.25, -0.2) is 0 Å². The van der Waals surface area contributed by atoms with Crippen molar-refractivity contribution in [3.8, 4) is 0 Å². The summed E-state index contributed by atoms with van der Waals surface area (Å²) in [5.74, 6) is 0. The van der Waals surface area contributed by atoms with E-state index in [0.717, 1.165) is 0 Å². The molecular weight excluding hydrogens is 124 g/mol. The summed E-state index contributed by atoms with van der Waals surface area (Å²) in [6, 6.07) is -10.7. The fourth-order valence-electron chi connectivity index (χ4n) is 0.622. The van der Waals surface area contributed by atoms with Crippen LogP contribution in [-0.2, 0) is 0 Å². The van der Waals surface area contributed by atoms with Crippen molar-refractivity contribution < 1.29 is 19.2 Å². The molecule has 0 aromatic carbocycles. The lowest BCUT2D eigenvalue weighted by Crippen LogP contribution is -2.62. The first-order valence-corrected chi connectivity index (χ1v) is 2.73. The predicted molar refractivity (Wildman–Crippen MR) is 44.1 cm³/mol. The molecule has 0 amide bonds. The lowest BCUT2D eigenvalue weighted by atomic mass is 10.0. The molecule has 4 unspecified atom stereocenters. The van der Waals surface area contributed by atoms with E-state index in [0.29, 0.717) is 0 Å². The first-order valence-electron chi connectivity index (χ1n) is 9.73. The monoisotopic (exact) mass is 156 g/mol. The average Bonchev–Trinajstić information content (AvgIpc) is 2.26. The zero-order chi connectivity index (χ0) is 19.6. The topological polar surface area (TPSA) is 24.1 Å². The largest absolute Gasteiger partial charge is 0.309 e. The third-order valence-corrected chi connectivity index (χ3v) is 1.18. The van der Waals surface area contributed by atoms with Crippen molar-refractivity contribution in [2.75, 3.05) is 0 Å². The molecule has 0 bridgehead atoms. The van der Waals surface area contributed by atoms with Crippen LogP contribution in [0.25, 0.3) is 0 Å². The third kappa shape index (κ3) is 1.50. The first kappa shape index (κ1) is 1.38. The molecule has 0 aromatic rings. The molecule has 0 radical (unpaired) electrons. The minimum absolute atomic E-state index is 1.84. The van der Waals surface area contributed by atoms with Crippen LogP contribution in [0.15, 0.2) is 0 Å². The van der Waals surface area contributed by atoms with Gasteiger partial charge in [-0.3, -0.25) is 0 Å². The Hall–Kier alpha value is -0.0800. The van der Waals surface area contributed by atoms with Gasteiger partial charge >= 0.3 is 0 Å². The summed E-state index contributed by atoms with van der Waals surface area (Å²) in [5.41, 5.74) is 0. The lowest BCUT2D eigenvalue weighted by molar-refractivity contribution is 0.250. The molecule has 1 fully saturated rings. The molecule has 1 saturated heterocycles. The standard InChI is InChI=1S/C8H18N2/c1-5-6(2)10-8(4)7(3)9-5/h5-10H,1-4H3/i1D3,2D3,3D3,4D3,5D,8D. The van der Waals surface area contributed by atoms with Crippen LogP contribution < -0.4 is 10.6 Å². The Kier molecular flexibility index (Phi) is 0.398. The second kappa shape index (κ2) is 2.89. The SMILES string of the molecule is [2H]C([2H])([2H])C1NC([2H])(C([2H])([2H])[2H])C(C([2H])([2H])[2H])NC1([2H])C([2H])([2H])[2H]. The highest BCUT2D eigenvalue weighted by atomic mass is 15.1. The van der Waals surface area contributed by atoms with E-state index in [9.17, 15) is 0 Å². The highest BCUT2D eigenvalue weighted by Gasteiger charge is 2.25.